The zero-order chi connectivity index (χ0) is 17.7. The zero-order valence-corrected chi connectivity index (χ0v) is 16.0. The first kappa shape index (κ1) is 18.6. The third-order valence-corrected chi connectivity index (χ3v) is 4.51. The molecule has 2 rings (SSSR count). The average molecular weight is 364 g/mol. The van der Waals surface area contributed by atoms with Crippen LogP contribution in [-0.2, 0) is 13.0 Å². The molecule has 1 N–H and O–H groups in total. The molecule has 128 valence electrons. The second kappa shape index (κ2) is 8.36. The van der Waals surface area contributed by atoms with Crippen molar-refractivity contribution in [1.82, 2.24) is 5.32 Å². The number of benzene rings is 2. The Morgan fingerprint density at radius 1 is 1.17 bits per heavy atom. The highest BCUT2D eigenvalue weighted by atomic mass is 35.5. The molecule has 0 aliphatic carbocycles. The van der Waals surface area contributed by atoms with E-state index < -0.39 is 0 Å². The van der Waals surface area contributed by atoms with Gasteiger partial charge >= 0.3 is 0 Å². The Balaban J connectivity index is 2.23. The maximum absolute atomic E-state index is 6.32. The molecule has 0 aliphatic heterocycles. The summed E-state index contributed by atoms with van der Waals surface area (Å²) in [7, 11) is 1.71. The van der Waals surface area contributed by atoms with Crippen LogP contribution in [0.5, 0.6) is 11.5 Å². The van der Waals surface area contributed by atoms with Gasteiger partial charge < -0.3 is 14.8 Å². The number of aryl methyl sites for hydroxylation is 3. The molecule has 0 radical (unpaired) electrons. The maximum atomic E-state index is 6.32. The van der Waals surface area contributed by atoms with E-state index in [1.807, 2.05) is 25.1 Å². The zero-order valence-electron chi connectivity index (χ0n) is 14.4. The number of hydrogen-bond donors (Lipinski definition) is 1. The first-order valence-corrected chi connectivity index (χ1v) is 8.64. The van der Waals surface area contributed by atoms with Crippen molar-refractivity contribution in [3.8, 4) is 11.5 Å². The summed E-state index contributed by atoms with van der Waals surface area (Å²) < 4.78 is 11.6. The molecule has 3 nitrogen and oxygen atoms in total. The van der Waals surface area contributed by atoms with Gasteiger partial charge in [-0.05, 0) is 67.4 Å². The van der Waals surface area contributed by atoms with Crippen LogP contribution in [0.1, 0.15) is 29.2 Å². The van der Waals surface area contributed by atoms with Crippen molar-refractivity contribution in [3.63, 3.8) is 0 Å². The van der Waals surface area contributed by atoms with Gasteiger partial charge in [-0.3, -0.25) is 0 Å². The molecule has 0 heterocycles. The van der Waals surface area contributed by atoms with Crippen molar-refractivity contribution in [1.29, 1.82) is 0 Å². The summed E-state index contributed by atoms with van der Waals surface area (Å²) in [5.74, 6) is 1.45. The lowest BCUT2D eigenvalue weighted by molar-refractivity contribution is 0.299. The molecule has 0 unspecified atom stereocenters. The Kier molecular flexibility index (Phi) is 6.46. The molecule has 0 saturated heterocycles. The SMILES string of the molecule is CCc1cc(C)c(OCc2c(Cl)cccc2OC(=S)NC)cc1C. The summed E-state index contributed by atoms with van der Waals surface area (Å²) in [5.41, 5.74) is 4.44. The van der Waals surface area contributed by atoms with Gasteiger partial charge in [-0.25, -0.2) is 0 Å². The largest absolute Gasteiger partial charge is 0.488 e. The molecule has 0 bridgehead atoms. The molecule has 0 aromatic heterocycles. The monoisotopic (exact) mass is 363 g/mol. The maximum Gasteiger partial charge on any atom is 0.261 e. The van der Waals surface area contributed by atoms with Crippen molar-refractivity contribution in [2.24, 2.45) is 0 Å². The highest BCUT2D eigenvalue weighted by molar-refractivity contribution is 7.80. The Hall–Kier alpha value is -1.78. The molecule has 0 saturated carbocycles. The van der Waals surface area contributed by atoms with Gasteiger partial charge in [-0.15, -0.1) is 0 Å². The topological polar surface area (TPSA) is 30.5 Å². The van der Waals surface area contributed by atoms with Crippen LogP contribution in [-0.4, -0.2) is 12.2 Å². The predicted octanol–water partition coefficient (Wildman–Crippen LogP) is 4.98. The Labute approximate surface area is 153 Å². The highest BCUT2D eigenvalue weighted by Crippen LogP contribution is 2.30. The predicted molar refractivity (Wildman–Crippen MR) is 103 cm³/mol. The lowest BCUT2D eigenvalue weighted by Crippen LogP contribution is -2.22. The van der Waals surface area contributed by atoms with E-state index in [1.54, 1.807) is 7.05 Å². The Morgan fingerprint density at radius 3 is 2.58 bits per heavy atom. The van der Waals surface area contributed by atoms with Crippen molar-refractivity contribution >= 4 is 29.0 Å². The van der Waals surface area contributed by atoms with Gasteiger partial charge in [0.05, 0.1) is 10.6 Å². The lowest BCUT2D eigenvalue weighted by Gasteiger charge is -2.16. The minimum Gasteiger partial charge on any atom is -0.488 e. The number of hydrogen-bond acceptors (Lipinski definition) is 3. The van der Waals surface area contributed by atoms with E-state index in [4.69, 9.17) is 33.3 Å². The van der Waals surface area contributed by atoms with Gasteiger partial charge in [-0.2, -0.15) is 0 Å². The van der Waals surface area contributed by atoms with Crippen LogP contribution in [0.25, 0.3) is 0 Å². The van der Waals surface area contributed by atoms with Gasteiger partial charge in [0.25, 0.3) is 5.17 Å². The molecule has 0 amide bonds. The van der Waals surface area contributed by atoms with E-state index >= 15 is 0 Å². The minimum absolute atomic E-state index is 0.290. The molecular weight excluding hydrogens is 342 g/mol. The normalized spacial score (nSPS) is 10.4. The van der Waals surface area contributed by atoms with E-state index in [0.29, 0.717) is 17.4 Å². The summed E-state index contributed by atoms with van der Waals surface area (Å²) in [4.78, 5) is 0. The second-order valence-corrected chi connectivity index (χ2v) is 6.32. The Bertz CT molecular complexity index is 746. The molecule has 2 aromatic rings. The third-order valence-electron chi connectivity index (χ3n) is 3.87. The molecule has 24 heavy (non-hydrogen) atoms. The summed E-state index contributed by atoms with van der Waals surface area (Å²) in [6.45, 7) is 6.61. The lowest BCUT2D eigenvalue weighted by atomic mass is 10.0. The summed E-state index contributed by atoms with van der Waals surface area (Å²) in [6, 6.07) is 9.71. The fraction of sp³-hybridized carbons (Fsp3) is 0.316. The van der Waals surface area contributed by atoms with Crippen LogP contribution in [0.3, 0.4) is 0 Å². The van der Waals surface area contributed by atoms with Crippen LogP contribution < -0.4 is 14.8 Å². The van der Waals surface area contributed by atoms with Crippen molar-refractivity contribution in [3.05, 3.63) is 57.6 Å². The van der Waals surface area contributed by atoms with E-state index in [9.17, 15) is 0 Å². The van der Waals surface area contributed by atoms with Gasteiger partial charge in [0.2, 0.25) is 0 Å². The summed E-state index contributed by atoms with van der Waals surface area (Å²) >= 11 is 11.4. The molecule has 0 atom stereocenters. The van der Waals surface area contributed by atoms with Crippen molar-refractivity contribution in [2.45, 2.75) is 33.8 Å². The molecule has 0 aliphatic rings. The first-order chi connectivity index (χ1) is 11.5. The second-order valence-electron chi connectivity index (χ2n) is 5.54. The molecule has 0 fully saturated rings. The molecule has 5 heteroatoms. The molecule has 0 spiro atoms. The van der Waals surface area contributed by atoms with Crippen LogP contribution in [0.15, 0.2) is 30.3 Å². The molecular formula is C19H22ClNO2S. The van der Waals surface area contributed by atoms with E-state index in [1.165, 1.54) is 11.1 Å². The smallest absolute Gasteiger partial charge is 0.261 e. The van der Waals surface area contributed by atoms with Gasteiger partial charge in [0.15, 0.2) is 0 Å². The van der Waals surface area contributed by atoms with E-state index in [0.717, 1.165) is 23.3 Å². The number of nitrogens with one attached hydrogen (secondary N) is 1. The summed E-state index contributed by atoms with van der Waals surface area (Å²) in [5, 5.41) is 3.67. The highest BCUT2D eigenvalue weighted by Gasteiger charge is 2.12. The number of rotatable bonds is 5. The summed E-state index contributed by atoms with van der Waals surface area (Å²) in [6.07, 6.45) is 1.01. The first-order valence-electron chi connectivity index (χ1n) is 7.86. The van der Waals surface area contributed by atoms with E-state index in [2.05, 4.69) is 31.3 Å². The fourth-order valence-corrected chi connectivity index (χ4v) is 2.77. The quantitative estimate of drug-likeness (QED) is 0.759. The third kappa shape index (κ3) is 4.40. The van der Waals surface area contributed by atoms with E-state index in [-0.39, 0.29) is 5.17 Å². The number of halogens is 1. The van der Waals surface area contributed by atoms with Crippen molar-refractivity contribution in [2.75, 3.05) is 7.05 Å². The fourth-order valence-electron chi connectivity index (χ4n) is 2.46. The average Bonchev–Trinajstić information content (AvgIpc) is 2.56. The Morgan fingerprint density at radius 2 is 1.92 bits per heavy atom. The van der Waals surface area contributed by atoms with Crippen LogP contribution in [0, 0.1) is 13.8 Å². The molecule has 2 aromatic carbocycles. The van der Waals surface area contributed by atoms with Gasteiger partial charge in [0, 0.05) is 7.05 Å². The number of ether oxygens (including phenoxy) is 2. The van der Waals surface area contributed by atoms with Gasteiger partial charge in [-0.1, -0.05) is 30.7 Å². The van der Waals surface area contributed by atoms with Gasteiger partial charge in [0.1, 0.15) is 18.1 Å². The standard InChI is InChI=1S/C19H22ClNO2S/c1-5-14-9-13(3)18(10-12(14)2)22-11-15-16(20)7-6-8-17(15)23-19(24)21-4/h6-10H,5,11H2,1-4H3,(H,21,24). The van der Waals surface area contributed by atoms with Crippen LogP contribution in [0.4, 0.5) is 0 Å². The minimum atomic E-state index is 0.290. The van der Waals surface area contributed by atoms with Crippen molar-refractivity contribution < 1.29 is 9.47 Å². The number of thiocarbonyl (C=S) groups is 1. The van der Waals surface area contributed by atoms with Crippen LogP contribution >= 0.6 is 23.8 Å². The van der Waals surface area contributed by atoms with Crippen LogP contribution in [0.2, 0.25) is 5.02 Å².